The molecule has 0 saturated carbocycles. The Kier molecular flexibility index (Phi) is 3.14. The van der Waals surface area contributed by atoms with Crippen LogP contribution in [0, 0.1) is 0 Å². The van der Waals surface area contributed by atoms with Gasteiger partial charge in [-0.2, -0.15) is 0 Å². The molecule has 0 aromatic heterocycles. The monoisotopic (exact) mass is 190 g/mol. The van der Waals surface area contributed by atoms with Crippen LogP contribution in [0.4, 0.5) is 0 Å². The summed E-state index contributed by atoms with van der Waals surface area (Å²) in [6, 6.07) is 0. The molecule has 0 bridgehead atoms. The molecule has 0 spiro atoms. The van der Waals surface area contributed by atoms with E-state index in [2.05, 4.69) is 8.74 Å². The van der Waals surface area contributed by atoms with Gasteiger partial charge in [0, 0.05) is 7.11 Å². The topological polar surface area (TPSA) is 116 Å². The maximum absolute atomic E-state index is 10.3. The molecule has 9 heteroatoms. The summed E-state index contributed by atoms with van der Waals surface area (Å²) in [5.74, 6) is 0. The second kappa shape index (κ2) is 3.07. The van der Waals surface area contributed by atoms with E-state index in [1.807, 2.05) is 0 Å². The Labute approximate surface area is 57.6 Å². The summed E-state index contributed by atoms with van der Waals surface area (Å²) in [4.78, 5) is 32.6. The summed E-state index contributed by atoms with van der Waals surface area (Å²) in [7, 11) is -8.61. The van der Waals surface area contributed by atoms with Crippen LogP contribution < -0.4 is 0 Å². The van der Waals surface area contributed by atoms with E-state index in [1.165, 1.54) is 0 Å². The Balaban J connectivity index is 4.03. The second-order valence-electron chi connectivity index (χ2n) is 1.32. The van der Waals surface area contributed by atoms with Crippen LogP contribution in [0.1, 0.15) is 0 Å². The normalized spacial score (nSPS) is 18.5. The molecule has 62 valence electrons. The highest BCUT2D eigenvalue weighted by molar-refractivity contribution is 7.48. The van der Waals surface area contributed by atoms with Crippen LogP contribution >= 0.6 is 7.82 Å². The van der Waals surface area contributed by atoms with Crippen molar-refractivity contribution in [3.8, 4) is 0 Å². The number of phosphoric ester groups is 1. The minimum atomic E-state index is -4.95. The molecule has 0 heterocycles. The van der Waals surface area contributed by atoms with E-state index in [1.54, 1.807) is 0 Å². The average Bonchev–Trinajstić information content (AvgIpc) is 1.60. The van der Waals surface area contributed by atoms with Gasteiger partial charge in [0.15, 0.2) is 0 Å². The first-order chi connectivity index (χ1) is 4.27. The van der Waals surface area contributed by atoms with Gasteiger partial charge in [0.25, 0.3) is 0 Å². The summed E-state index contributed by atoms with van der Waals surface area (Å²) in [6.07, 6.45) is 0. The molecule has 0 aromatic rings. The van der Waals surface area contributed by atoms with Crippen LogP contribution in [-0.2, 0) is 13.3 Å². The maximum Gasteiger partial charge on any atom is 0.680 e. The lowest BCUT2D eigenvalue weighted by atomic mass is 11.8. The molecule has 0 amide bonds. The zero-order chi connectivity index (χ0) is 8.41. The highest BCUT2D eigenvalue weighted by Crippen LogP contribution is 2.43. The first kappa shape index (κ1) is 10.2. The third-order valence-corrected chi connectivity index (χ3v) is 2.83. The molecular weight excluding hydrogens is 183 g/mol. The fourth-order valence-corrected chi connectivity index (χ4v) is 1.73. The van der Waals surface area contributed by atoms with E-state index >= 15 is 0 Å². The van der Waals surface area contributed by atoms with Crippen LogP contribution in [0.2, 0.25) is 0 Å². The molecule has 0 radical (unpaired) electrons. The molecule has 10 heavy (non-hydrogen) atoms. The third-order valence-electron chi connectivity index (χ3n) is 0.469. The first-order valence-corrected chi connectivity index (χ1v) is 5.28. The highest BCUT2D eigenvalue weighted by Gasteiger charge is 2.40. The molecule has 4 N–H and O–H groups in total. The average molecular weight is 190 g/mol. The number of hydrogen-bond acceptors (Lipinski definition) is 6. The summed E-state index contributed by atoms with van der Waals surface area (Å²) < 4.78 is 17.5. The fraction of sp³-hybridized carbons (Fsp3) is 1.00. The van der Waals surface area contributed by atoms with Crippen LogP contribution in [0.5, 0.6) is 0 Å². The van der Waals surface area contributed by atoms with Crippen LogP contribution in [0.3, 0.4) is 0 Å². The number of hydrogen-bond donors (Lipinski definition) is 4. The van der Waals surface area contributed by atoms with Gasteiger partial charge in [0.1, 0.15) is 0 Å². The zero-order valence-corrected chi connectivity index (χ0v) is 6.86. The molecule has 0 saturated heterocycles. The molecule has 7 nitrogen and oxygen atoms in total. The summed E-state index contributed by atoms with van der Waals surface area (Å²) in [5, 5.41) is 0. The molecular formula is CH7O7PSi. The third kappa shape index (κ3) is 5.03. The van der Waals surface area contributed by atoms with Gasteiger partial charge in [-0.1, -0.05) is 0 Å². The highest BCUT2D eigenvalue weighted by atomic mass is 31.2. The van der Waals surface area contributed by atoms with Crippen molar-refractivity contribution in [3.63, 3.8) is 0 Å². The van der Waals surface area contributed by atoms with E-state index in [-0.39, 0.29) is 0 Å². The molecule has 1 unspecified atom stereocenters. The SMILES string of the molecule is COP(=O)(O)O[Si](O)(O)O. The molecule has 0 rings (SSSR count). The Bertz CT molecular complexity index is 148. The van der Waals surface area contributed by atoms with Crippen molar-refractivity contribution in [2.45, 2.75) is 0 Å². The van der Waals surface area contributed by atoms with Crippen molar-refractivity contribution in [3.05, 3.63) is 0 Å². The Morgan fingerprint density at radius 3 is 1.90 bits per heavy atom. The van der Waals surface area contributed by atoms with Crippen molar-refractivity contribution in [1.29, 1.82) is 0 Å². The molecule has 0 fully saturated rings. The minimum Gasteiger partial charge on any atom is -0.367 e. The number of phosphoric acid groups is 1. The van der Waals surface area contributed by atoms with Gasteiger partial charge in [-0.3, -0.25) is 8.74 Å². The quantitative estimate of drug-likeness (QED) is 0.305. The molecule has 0 aliphatic heterocycles. The second-order valence-corrected chi connectivity index (χ2v) is 4.50. The number of rotatable bonds is 3. The Morgan fingerprint density at radius 1 is 1.40 bits per heavy atom. The van der Waals surface area contributed by atoms with E-state index in [9.17, 15) is 4.57 Å². The van der Waals surface area contributed by atoms with E-state index in [0.29, 0.717) is 0 Å². The minimum absolute atomic E-state index is 0.820. The van der Waals surface area contributed by atoms with Crippen molar-refractivity contribution in [2.75, 3.05) is 7.11 Å². The maximum atomic E-state index is 10.3. The summed E-state index contributed by atoms with van der Waals surface area (Å²) >= 11 is 0. The van der Waals surface area contributed by atoms with Crippen molar-refractivity contribution in [1.82, 2.24) is 0 Å². The Hall–Kier alpha value is 0.207. The van der Waals surface area contributed by atoms with Gasteiger partial charge in [-0.25, -0.2) is 4.57 Å². The van der Waals surface area contributed by atoms with Gasteiger partial charge >= 0.3 is 16.9 Å². The Morgan fingerprint density at radius 2 is 1.80 bits per heavy atom. The largest absolute Gasteiger partial charge is 0.680 e. The summed E-state index contributed by atoms with van der Waals surface area (Å²) in [5.41, 5.74) is 0. The van der Waals surface area contributed by atoms with Gasteiger partial charge in [0.05, 0.1) is 0 Å². The molecule has 0 aromatic carbocycles. The van der Waals surface area contributed by atoms with Gasteiger partial charge in [-0.05, 0) is 0 Å². The predicted octanol–water partition coefficient (Wildman–Crippen LogP) is -1.84. The first-order valence-electron chi connectivity index (χ1n) is 2.03. The van der Waals surface area contributed by atoms with Crippen LogP contribution in [0.25, 0.3) is 0 Å². The van der Waals surface area contributed by atoms with Crippen LogP contribution in [-0.4, -0.2) is 35.4 Å². The predicted molar refractivity (Wildman–Crippen MR) is 30.3 cm³/mol. The molecule has 0 aliphatic rings. The lowest BCUT2D eigenvalue weighted by Crippen LogP contribution is -2.37. The lowest BCUT2D eigenvalue weighted by Gasteiger charge is -2.12. The van der Waals surface area contributed by atoms with Gasteiger partial charge < -0.3 is 19.3 Å². The van der Waals surface area contributed by atoms with Crippen molar-refractivity contribution >= 4 is 16.9 Å². The zero-order valence-electron chi connectivity index (χ0n) is 4.96. The van der Waals surface area contributed by atoms with Crippen molar-refractivity contribution < 1.29 is 32.6 Å². The smallest absolute Gasteiger partial charge is 0.367 e. The van der Waals surface area contributed by atoms with Gasteiger partial charge in [-0.15, -0.1) is 0 Å². The standard InChI is InChI=1S/CH7O7PSi/c1-7-9(2,3)8-10(4,5)6/h4-6H,1H3,(H,2,3). The van der Waals surface area contributed by atoms with E-state index in [0.717, 1.165) is 7.11 Å². The molecule has 0 aliphatic carbocycles. The molecule has 1 atom stereocenters. The van der Waals surface area contributed by atoms with Crippen molar-refractivity contribution in [2.24, 2.45) is 0 Å². The summed E-state index contributed by atoms with van der Waals surface area (Å²) in [6.45, 7) is 0. The van der Waals surface area contributed by atoms with E-state index in [4.69, 9.17) is 19.3 Å². The van der Waals surface area contributed by atoms with E-state index < -0.39 is 16.9 Å². The van der Waals surface area contributed by atoms with Gasteiger partial charge in [0.2, 0.25) is 0 Å². The fourth-order valence-electron chi connectivity index (χ4n) is 0.192. The van der Waals surface area contributed by atoms with Crippen LogP contribution in [0.15, 0.2) is 0 Å². The lowest BCUT2D eigenvalue weighted by molar-refractivity contribution is 0.1000.